The molecule has 0 heterocycles. The van der Waals surface area contributed by atoms with Gasteiger partial charge in [-0.05, 0) is 25.8 Å². The third-order valence-corrected chi connectivity index (χ3v) is 1.34. The number of carbonyl (C=O) groups excluding carboxylic acids is 1. The molecule has 0 aliphatic carbocycles. The predicted octanol–water partition coefficient (Wildman–Crippen LogP) is -7.09. The molecule has 0 spiro atoms. The number of hydrogen-bond donors (Lipinski definition) is 0. The quantitative estimate of drug-likeness (QED) is 0.459. The molecular formula is C7H15K2NO3. The van der Waals surface area contributed by atoms with Gasteiger partial charge in [0.2, 0.25) is 0 Å². The molecule has 0 aliphatic heterocycles. The van der Waals surface area contributed by atoms with E-state index in [9.17, 15) is 0 Å². The van der Waals surface area contributed by atoms with Gasteiger partial charge in [0.1, 0.15) is 0 Å². The number of carbonyl (C=O) groups is 1. The van der Waals surface area contributed by atoms with E-state index in [0.717, 1.165) is 0 Å². The van der Waals surface area contributed by atoms with E-state index < -0.39 is 6.16 Å². The molecule has 0 saturated carbocycles. The topological polar surface area (TPSA) is 66.4 Å². The fraction of sp³-hybridized carbons (Fsp3) is 0.857. The summed E-state index contributed by atoms with van der Waals surface area (Å²) in [5, 5.41) is 16.7. The summed E-state index contributed by atoms with van der Waals surface area (Å²) in [5.74, 6) is 0. The van der Waals surface area contributed by atoms with Crippen molar-refractivity contribution in [3.63, 3.8) is 0 Å². The van der Waals surface area contributed by atoms with Crippen molar-refractivity contribution in [1.29, 1.82) is 0 Å². The predicted molar refractivity (Wildman–Crippen MR) is 38.9 cm³/mol. The van der Waals surface area contributed by atoms with Gasteiger partial charge in [0, 0.05) is 0 Å². The van der Waals surface area contributed by atoms with Crippen LogP contribution in [-0.2, 0) is 0 Å². The summed E-state index contributed by atoms with van der Waals surface area (Å²) < 4.78 is 0. The fourth-order valence-electron chi connectivity index (χ4n) is 0.671. The molecule has 6 heteroatoms. The Bertz CT molecular complexity index is 90.2. The van der Waals surface area contributed by atoms with E-state index in [1.165, 1.54) is 19.6 Å². The standard InChI is InChI=1S/C6H15N.CH2O3.2K/c1-4-7(5-2)6-3;2-1(3)4;;/h4-6H2,1-3H3;(H2,2,3,4);;/q;;2*+1/p-2. The second kappa shape index (κ2) is 20.0. The fourth-order valence-corrected chi connectivity index (χ4v) is 0.671. The van der Waals surface area contributed by atoms with Gasteiger partial charge in [0.05, 0.1) is 0 Å². The van der Waals surface area contributed by atoms with E-state index in [1.54, 1.807) is 0 Å². The van der Waals surface area contributed by atoms with E-state index in [2.05, 4.69) is 25.7 Å². The second-order valence-corrected chi connectivity index (χ2v) is 1.87. The second-order valence-electron chi connectivity index (χ2n) is 1.87. The van der Waals surface area contributed by atoms with Crippen LogP contribution >= 0.6 is 0 Å². The molecule has 68 valence electrons. The van der Waals surface area contributed by atoms with Crippen LogP contribution in [0, 0.1) is 0 Å². The molecule has 13 heavy (non-hydrogen) atoms. The maximum Gasteiger partial charge on any atom is 1.00 e. The molecule has 0 bridgehead atoms. The summed E-state index contributed by atoms with van der Waals surface area (Å²) in [6.45, 7) is 10.1. The summed E-state index contributed by atoms with van der Waals surface area (Å²) >= 11 is 0. The zero-order valence-corrected chi connectivity index (χ0v) is 15.5. The van der Waals surface area contributed by atoms with E-state index in [4.69, 9.17) is 15.0 Å². The van der Waals surface area contributed by atoms with E-state index in [1.807, 2.05) is 0 Å². The van der Waals surface area contributed by atoms with Crippen LogP contribution in [0.4, 0.5) is 4.79 Å². The molecule has 0 aromatic heterocycles. The largest absolute Gasteiger partial charge is 1.00 e. The number of carboxylic acid groups (broad SMARTS) is 2. The first-order valence-electron chi connectivity index (χ1n) is 3.68. The molecule has 0 radical (unpaired) electrons. The molecule has 0 aromatic rings. The normalized spacial score (nSPS) is 7.38. The summed E-state index contributed by atoms with van der Waals surface area (Å²) in [7, 11) is 0. The molecule has 4 nitrogen and oxygen atoms in total. The SMILES string of the molecule is CCN(CC)CC.O=C([O-])[O-].[K+].[K+]. The van der Waals surface area contributed by atoms with E-state index in [-0.39, 0.29) is 103 Å². The van der Waals surface area contributed by atoms with E-state index >= 15 is 0 Å². The van der Waals surface area contributed by atoms with Crippen LogP contribution in [0.1, 0.15) is 20.8 Å². The minimum atomic E-state index is -2.33. The summed E-state index contributed by atoms with van der Waals surface area (Å²) in [6.07, 6.45) is -2.33. The van der Waals surface area contributed by atoms with Crippen LogP contribution in [0.15, 0.2) is 0 Å². The van der Waals surface area contributed by atoms with Gasteiger partial charge in [-0.25, -0.2) is 0 Å². The van der Waals surface area contributed by atoms with Gasteiger partial charge in [-0.2, -0.15) is 0 Å². The van der Waals surface area contributed by atoms with Crippen LogP contribution in [0.2, 0.25) is 0 Å². The van der Waals surface area contributed by atoms with Gasteiger partial charge in [-0.3, -0.25) is 0 Å². The van der Waals surface area contributed by atoms with Crippen molar-refractivity contribution in [2.45, 2.75) is 20.8 Å². The van der Waals surface area contributed by atoms with Crippen molar-refractivity contribution >= 4 is 6.16 Å². The van der Waals surface area contributed by atoms with Gasteiger partial charge < -0.3 is 19.9 Å². The molecule has 0 aliphatic rings. The van der Waals surface area contributed by atoms with Crippen molar-refractivity contribution in [2.24, 2.45) is 0 Å². The summed E-state index contributed by atoms with van der Waals surface area (Å²) in [4.78, 5) is 10.7. The monoisotopic (exact) mass is 239 g/mol. The third kappa shape index (κ3) is 31.4. The average Bonchev–Trinajstić information content (AvgIpc) is 1.90. The maximum absolute atomic E-state index is 8.33. The van der Waals surface area contributed by atoms with Crippen molar-refractivity contribution < 1.29 is 118 Å². The van der Waals surface area contributed by atoms with Crippen LogP contribution in [0.5, 0.6) is 0 Å². The van der Waals surface area contributed by atoms with Crippen molar-refractivity contribution in [3.8, 4) is 0 Å². The molecule has 0 rings (SSSR count). The molecule has 0 fully saturated rings. The van der Waals surface area contributed by atoms with Gasteiger partial charge in [0.15, 0.2) is 0 Å². The first kappa shape index (κ1) is 24.6. The third-order valence-electron chi connectivity index (χ3n) is 1.34. The zero-order valence-electron chi connectivity index (χ0n) is 9.29. The molecular weight excluding hydrogens is 224 g/mol. The Balaban J connectivity index is -0.0000000600. The molecule has 0 unspecified atom stereocenters. The Morgan fingerprint density at radius 2 is 1.15 bits per heavy atom. The Kier molecular flexibility index (Phi) is 37.9. The van der Waals surface area contributed by atoms with Crippen LogP contribution in [0.3, 0.4) is 0 Å². The van der Waals surface area contributed by atoms with Crippen molar-refractivity contribution in [2.75, 3.05) is 19.6 Å². The molecule has 0 N–H and O–H groups in total. The van der Waals surface area contributed by atoms with Gasteiger partial charge in [-0.1, -0.05) is 20.8 Å². The van der Waals surface area contributed by atoms with Crippen molar-refractivity contribution in [1.82, 2.24) is 4.90 Å². The Labute approximate surface area is 165 Å². The Hall–Kier alpha value is 2.50. The Morgan fingerprint density at radius 3 is 1.15 bits per heavy atom. The molecule has 0 saturated heterocycles. The number of rotatable bonds is 3. The van der Waals surface area contributed by atoms with E-state index in [0.29, 0.717) is 0 Å². The minimum absolute atomic E-state index is 0. The zero-order chi connectivity index (χ0) is 9.28. The maximum atomic E-state index is 8.33. The average molecular weight is 239 g/mol. The van der Waals surface area contributed by atoms with Gasteiger partial charge in [-0.15, -0.1) is 0 Å². The van der Waals surface area contributed by atoms with Gasteiger partial charge >= 0.3 is 103 Å². The minimum Gasteiger partial charge on any atom is -0.652 e. The first-order chi connectivity index (χ1) is 5.08. The summed E-state index contributed by atoms with van der Waals surface area (Å²) in [6, 6.07) is 0. The van der Waals surface area contributed by atoms with Gasteiger partial charge in [0.25, 0.3) is 0 Å². The molecule has 0 aromatic carbocycles. The first-order valence-corrected chi connectivity index (χ1v) is 3.68. The van der Waals surface area contributed by atoms with Crippen LogP contribution in [-0.4, -0.2) is 30.7 Å². The van der Waals surface area contributed by atoms with Crippen LogP contribution < -0.4 is 113 Å². The van der Waals surface area contributed by atoms with Crippen LogP contribution in [0.25, 0.3) is 0 Å². The number of nitrogens with zero attached hydrogens (tertiary/aromatic N) is 1. The summed E-state index contributed by atoms with van der Waals surface area (Å²) in [5.41, 5.74) is 0. The molecule has 0 atom stereocenters. The Morgan fingerprint density at radius 1 is 1.00 bits per heavy atom. The smallest absolute Gasteiger partial charge is 0.652 e. The van der Waals surface area contributed by atoms with Crippen molar-refractivity contribution in [3.05, 3.63) is 0 Å². The molecule has 0 amide bonds. The number of hydrogen-bond acceptors (Lipinski definition) is 4.